The van der Waals surface area contributed by atoms with Crippen LogP contribution in [0.1, 0.15) is 78.1 Å². The van der Waals surface area contributed by atoms with Crippen molar-refractivity contribution in [3.05, 3.63) is 48.6 Å². The molecule has 0 unspecified atom stereocenters. The summed E-state index contributed by atoms with van der Waals surface area (Å²) in [5.74, 6) is -0.874. The topological polar surface area (TPSA) is 52.6 Å². The molecule has 0 radical (unpaired) electrons. The van der Waals surface area contributed by atoms with Gasteiger partial charge in [0.25, 0.3) is 0 Å². The normalized spacial score (nSPS) is 11.9. The molecule has 0 bridgehead atoms. The van der Waals surface area contributed by atoms with Crippen LogP contribution in [0.15, 0.2) is 48.6 Å². The average molecular weight is 391 g/mol. The average Bonchev–Trinajstić information content (AvgIpc) is 2.69. The molecular formula is C24H38O4. The molecule has 0 spiro atoms. The van der Waals surface area contributed by atoms with Gasteiger partial charge < -0.3 is 9.47 Å². The summed E-state index contributed by atoms with van der Waals surface area (Å²) in [4.78, 5) is 23.0. The first-order valence-corrected chi connectivity index (χ1v) is 10.7. The molecule has 4 nitrogen and oxygen atoms in total. The predicted octanol–water partition coefficient (Wildman–Crippen LogP) is 6.24. The van der Waals surface area contributed by atoms with E-state index in [1.165, 1.54) is 63.5 Å². The molecular weight excluding hydrogens is 352 g/mol. The second kappa shape index (κ2) is 21.2. The zero-order chi connectivity index (χ0) is 20.7. The number of hydrogen-bond donors (Lipinski definition) is 0. The third-order valence-corrected chi connectivity index (χ3v) is 3.98. The fraction of sp³-hybridized carbons (Fsp3) is 0.583. The zero-order valence-corrected chi connectivity index (χ0v) is 17.7. The minimum Gasteiger partial charge on any atom is -0.459 e. The second-order valence-electron chi connectivity index (χ2n) is 6.61. The summed E-state index contributed by atoms with van der Waals surface area (Å²) in [6.07, 6.45) is 25.8. The maximum Gasteiger partial charge on any atom is 0.330 e. The van der Waals surface area contributed by atoms with E-state index in [2.05, 4.69) is 13.8 Å². The van der Waals surface area contributed by atoms with E-state index in [9.17, 15) is 9.59 Å². The minimum atomic E-state index is -0.437. The number of esters is 2. The van der Waals surface area contributed by atoms with Gasteiger partial charge in [0.05, 0.1) is 0 Å². The lowest BCUT2D eigenvalue weighted by molar-refractivity contribution is -0.146. The van der Waals surface area contributed by atoms with E-state index < -0.39 is 11.9 Å². The van der Waals surface area contributed by atoms with Crippen LogP contribution < -0.4 is 0 Å². The van der Waals surface area contributed by atoms with Gasteiger partial charge in [0, 0.05) is 12.2 Å². The molecule has 0 aliphatic carbocycles. The van der Waals surface area contributed by atoms with Crippen LogP contribution in [0.5, 0.6) is 0 Å². The lowest BCUT2D eigenvalue weighted by atomic mass is 10.1. The van der Waals surface area contributed by atoms with Crippen LogP contribution in [-0.2, 0) is 19.1 Å². The van der Waals surface area contributed by atoms with Crippen molar-refractivity contribution < 1.29 is 19.1 Å². The largest absolute Gasteiger partial charge is 0.459 e. The van der Waals surface area contributed by atoms with Crippen molar-refractivity contribution in [1.29, 1.82) is 0 Å². The highest BCUT2D eigenvalue weighted by Crippen LogP contribution is 2.03. The van der Waals surface area contributed by atoms with Gasteiger partial charge in [-0.2, -0.15) is 0 Å². The van der Waals surface area contributed by atoms with E-state index in [0.29, 0.717) is 0 Å². The van der Waals surface area contributed by atoms with Crippen molar-refractivity contribution in [2.45, 2.75) is 78.1 Å². The highest BCUT2D eigenvalue weighted by Gasteiger charge is 1.99. The summed E-state index contributed by atoms with van der Waals surface area (Å²) in [5, 5.41) is 0. The van der Waals surface area contributed by atoms with Crippen molar-refractivity contribution in [2.75, 3.05) is 13.2 Å². The van der Waals surface area contributed by atoms with Gasteiger partial charge in [-0.3, -0.25) is 0 Å². The van der Waals surface area contributed by atoms with Crippen LogP contribution in [0.4, 0.5) is 0 Å². The van der Waals surface area contributed by atoms with Crippen LogP contribution >= 0.6 is 0 Å². The predicted molar refractivity (Wildman–Crippen MR) is 116 cm³/mol. The number of ether oxygens (including phenoxy) is 2. The van der Waals surface area contributed by atoms with Crippen molar-refractivity contribution in [3.8, 4) is 0 Å². The Morgan fingerprint density at radius 1 is 0.607 bits per heavy atom. The number of unbranched alkanes of at least 4 members (excludes halogenated alkanes) is 8. The van der Waals surface area contributed by atoms with E-state index in [1.807, 2.05) is 24.3 Å². The molecule has 0 heterocycles. The first-order chi connectivity index (χ1) is 13.7. The van der Waals surface area contributed by atoms with Crippen molar-refractivity contribution >= 4 is 11.9 Å². The van der Waals surface area contributed by atoms with Crippen LogP contribution in [-0.4, -0.2) is 25.2 Å². The van der Waals surface area contributed by atoms with Crippen molar-refractivity contribution in [2.24, 2.45) is 0 Å². The maximum atomic E-state index is 11.5. The van der Waals surface area contributed by atoms with Crippen molar-refractivity contribution in [3.63, 3.8) is 0 Å². The molecule has 0 saturated carbocycles. The third kappa shape index (κ3) is 20.2. The van der Waals surface area contributed by atoms with Crippen LogP contribution in [0, 0.1) is 0 Å². The van der Waals surface area contributed by atoms with Gasteiger partial charge in [0.15, 0.2) is 0 Å². The molecule has 28 heavy (non-hydrogen) atoms. The molecule has 0 atom stereocenters. The Morgan fingerprint density at radius 3 is 1.43 bits per heavy atom. The fourth-order valence-corrected chi connectivity index (χ4v) is 2.38. The first-order valence-electron chi connectivity index (χ1n) is 10.7. The summed E-state index contributed by atoms with van der Waals surface area (Å²) in [5.41, 5.74) is 0. The maximum absolute atomic E-state index is 11.5. The highest BCUT2D eigenvalue weighted by molar-refractivity contribution is 5.83. The van der Waals surface area contributed by atoms with Crippen LogP contribution in [0.2, 0.25) is 0 Å². The van der Waals surface area contributed by atoms with Gasteiger partial charge in [-0.05, 0) is 25.7 Å². The molecule has 158 valence electrons. The van der Waals surface area contributed by atoms with Gasteiger partial charge in [-0.25, -0.2) is 9.59 Å². The Labute approximate surface area is 171 Å². The SMILES string of the molecule is CCCCCCC=CC=CC(=O)OCCOC(=O)C=CC=CCCCCCC. The smallest absolute Gasteiger partial charge is 0.330 e. The zero-order valence-electron chi connectivity index (χ0n) is 17.7. The van der Waals surface area contributed by atoms with Crippen LogP contribution in [0.3, 0.4) is 0 Å². The monoisotopic (exact) mass is 390 g/mol. The van der Waals surface area contributed by atoms with Crippen molar-refractivity contribution in [1.82, 2.24) is 0 Å². The van der Waals surface area contributed by atoms with Gasteiger partial charge in [-0.1, -0.05) is 88.8 Å². The molecule has 0 aromatic rings. The molecule has 0 rings (SSSR count). The fourth-order valence-electron chi connectivity index (χ4n) is 2.38. The summed E-state index contributed by atoms with van der Waals surface area (Å²) in [6, 6.07) is 0. The standard InChI is InChI=1S/C24H38O4/c1-3-5-7-9-11-13-15-17-19-23(25)27-21-22-28-24(26)20-18-16-14-12-10-8-6-4-2/h13-20H,3-12,21-22H2,1-2H3. The lowest BCUT2D eigenvalue weighted by Gasteiger charge is -2.02. The highest BCUT2D eigenvalue weighted by atomic mass is 16.6. The van der Waals surface area contributed by atoms with E-state index in [1.54, 1.807) is 12.2 Å². The Bertz CT molecular complexity index is 455. The van der Waals surface area contributed by atoms with E-state index in [0.717, 1.165) is 12.8 Å². The molecule has 0 saturated heterocycles. The van der Waals surface area contributed by atoms with E-state index in [4.69, 9.17) is 9.47 Å². The molecule has 4 heteroatoms. The number of carbonyl (C=O) groups is 2. The molecule has 0 aliphatic rings. The lowest BCUT2D eigenvalue weighted by Crippen LogP contribution is -2.11. The summed E-state index contributed by atoms with van der Waals surface area (Å²) in [6.45, 7) is 4.49. The first kappa shape index (κ1) is 25.9. The summed E-state index contributed by atoms with van der Waals surface area (Å²) in [7, 11) is 0. The molecule has 0 aromatic heterocycles. The number of hydrogen-bond acceptors (Lipinski definition) is 4. The number of carbonyl (C=O) groups excluding carboxylic acids is 2. The van der Waals surface area contributed by atoms with Gasteiger partial charge in [-0.15, -0.1) is 0 Å². The molecule has 0 aliphatic heterocycles. The number of allylic oxidation sites excluding steroid dienone is 6. The third-order valence-electron chi connectivity index (χ3n) is 3.98. The number of rotatable bonds is 17. The van der Waals surface area contributed by atoms with E-state index >= 15 is 0 Å². The summed E-state index contributed by atoms with van der Waals surface area (Å²) < 4.78 is 9.93. The molecule has 0 aromatic carbocycles. The summed E-state index contributed by atoms with van der Waals surface area (Å²) >= 11 is 0. The Balaban J connectivity index is 3.66. The minimum absolute atomic E-state index is 0.0523. The van der Waals surface area contributed by atoms with Gasteiger partial charge >= 0.3 is 11.9 Å². The molecule has 0 amide bonds. The van der Waals surface area contributed by atoms with Crippen LogP contribution in [0.25, 0.3) is 0 Å². The van der Waals surface area contributed by atoms with Gasteiger partial charge in [0.1, 0.15) is 13.2 Å². The quantitative estimate of drug-likeness (QED) is 0.128. The molecule has 0 fully saturated rings. The molecule has 0 N–H and O–H groups in total. The van der Waals surface area contributed by atoms with Gasteiger partial charge in [0.2, 0.25) is 0 Å². The Hall–Kier alpha value is -2.10. The Morgan fingerprint density at radius 2 is 1.04 bits per heavy atom. The second-order valence-corrected chi connectivity index (χ2v) is 6.61. The van der Waals surface area contributed by atoms with E-state index in [-0.39, 0.29) is 13.2 Å². The Kier molecular flexibility index (Phi) is 19.6.